The second kappa shape index (κ2) is 7.06. The molecule has 2 N–H and O–H groups in total. The van der Waals surface area contributed by atoms with Crippen molar-refractivity contribution in [3.05, 3.63) is 35.4 Å². The Balaban J connectivity index is 2.81. The zero-order valence-corrected chi connectivity index (χ0v) is 12.3. The molecule has 0 saturated carbocycles. The molecule has 0 saturated heterocycles. The number of benzene rings is 1. The number of amides is 1. The molecule has 1 rings (SSSR count). The molecular formula is C16H22N2O2. The van der Waals surface area contributed by atoms with Crippen molar-refractivity contribution in [2.24, 2.45) is 0 Å². The number of aliphatic hydroxyl groups is 1. The van der Waals surface area contributed by atoms with E-state index in [2.05, 4.69) is 11.4 Å². The first-order valence-corrected chi connectivity index (χ1v) is 6.84. The summed E-state index contributed by atoms with van der Waals surface area (Å²) >= 11 is 0. The van der Waals surface area contributed by atoms with Crippen LogP contribution in [0.1, 0.15) is 44.7 Å². The van der Waals surface area contributed by atoms with Gasteiger partial charge in [-0.25, -0.2) is 0 Å². The van der Waals surface area contributed by atoms with Crippen LogP contribution in [0.4, 0.5) is 0 Å². The van der Waals surface area contributed by atoms with E-state index in [0.717, 1.165) is 12.0 Å². The summed E-state index contributed by atoms with van der Waals surface area (Å²) in [6.07, 6.45) is 1.42. The molecule has 0 aliphatic rings. The molecule has 0 aliphatic heterocycles. The zero-order valence-electron chi connectivity index (χ0n) is 12.3. The standard InChI is InChI=1S/C16H22N2O2/c1-12(6-5-9-19)18-15(20)16(2,3)14-8-4-7-13(10-14)11-17/h4,7-8,10,12,19H,5-6,9H2,1-3H3,(H,18,20). The van der Waals surface area contributed by atoms with Crippen LogP contribution in [0.25, 0.3) is 0 Å². The van der Waals surface area contributed by atoms with Crippen molar-refractivity contribution in [3.8, 4) is 6.07 Å². The Kier molecular flexibility index (Phi) is 5.72. The van der Waals surface area contributed by atoms with Crippen LogP contribution in [0.3, 0.4) is 0 Å². The van der Waals surface area contributed by atoms with Crippen molar-refractivity contribution in [2.75, 3.05) is 6.61 Å². The minimum Gasteiger partial charge on any atom is -0.396 e. The first-order valence-electron chi connectivity index (χ1n) is 6.84. The molecule has 0 heterocycles. The summed E-state index contributed by atoms with van der Waals surface area (Å²) in [5.74, 6) is -0.0713. The number of nitriles is 1. The molecule has 20 heavy (non-hydrogen) atoms. The second-order valence-electron chi connectivity index (χ2n) is 5.56. The highest BCUT2D eigenvalue weighted by atomic mass is 16.3. The molecule has 1 unspecified atom stereocenters. The summed E-state index contributed by atoms with van der Waals surface area (Å²) in [4.78, 5) is 12.4. The Morgan fingerprint density at radius 2 is 2.20 bits per heavy atom. The van der Waals surface area contributed by atoms with Crippen LogP contribution in [0, 0.1) is 11.3 Å². The fourth-order valence-corrected chi connectivity index (χ4v) is 1.98. The van der Waals surface area contributed by atoms with Crippen molar-refractivity contribution in [1.29, 1.82) is 5.26 Å². The highest BCUT2D eigenvalue weighted by Gasteiger charge is 2.30. The number of aliphatic hydroxyl groups excluding tert-OH is 1. The van der Waals surface area contributed by atoms with Gasteiger partial charge in [-0.1, -0.05) is 12.1 Å². The third-order valence-electron chi connectivity index (χ3n) is 3.45. The monoisotopic (exact) mass is 274 g/mol. The number of hydrogen-bond donors (Lipinski definition) is 2. The van der Waals surface area contributed by atoms with Crippen molar-refractivity contribution in [1.82, 2.24) is 5.32 Å². The Morgan fingerprint density at radius 3 is 2.80 bits per heavy atom. The molecule has 1 aromatic rings. The van der Waals surface area contributed by atoms with Gasteiger partial charge in [0.15, 0.2) is 0 Å². The Labute approximate surface area is 120 Å². The lowest BCUT2D eigenvalue weighted by molar-refractivity contribution is -0.126. The molecule has 1 aromatic carbocycles. The van der Waals surface area contributed by atoms with Crippen LogP contribution >= 0.6 is 0 Å². The van der Waals surface area contributed by atoms with E-state index in [9.17, 15) is 4.79 Å². The van der Waals surface area contributed by atoms with Gasteiger partial charge in [-0.15, -0.1) is 0 Å². The van der Waals surface area contributed by atoms with Crippen LogP contribution in [-0.4, -0.2) is 23.7 Å². The lowest BCUT2D eigenvalue weighted by Crippen LogP contribution is -2.44. The van der Waals surface area contributed by atoms with Gasteiger partial charge < -0.3 is 10.4 Å². The summed E-state index contributed by atoms with van der Waals surface area (Å²) in [5.41, 5.74) is 0.681. The molecule has 0 spiro atoms. The average Bonchev–Trinajstić information content (AvgIpc) is 2.45. The summed E-state index contributed by atoms with van der Waals surface area (Å²) in [6, 6.07) is 9.23. The maximum Gasteiger partial charge on any atom is 0.230 e. The molecule has 1 atom stereocenters. The number of carbonyl (C=O) groups excluding carboxylic acids is 1. The van der Waals surface area contributed by atoms with Gasteiger partial charge in [0.2, 0.25) is 5.91 Å². The minimum atomic E-state index is -0.694. The number of carbonyl (C=O) groups is 1. The molecule has 0 bridgehead atoms. The van der Waals surface area contributed by atoms with Gasteiger partial charge in [0.1, 0.15) is 0 Å². The lowest BCUT2D eigenvalue weighted by Gasteiger charge is -2.26. The third-order valence-corrected chi connectivity index (χ3v) is 3.45. The summed E-state index contributed by atoms with van der Waals surface area (Å²) in [6.45, 7) is 5.75. The van der Waals surface area contributed by atoms with Gasteiger partial charge >= 0.3 is 0 Å². The Morgan fingerprint density at radius 1 is 1.50 bits per heavy atom. The van der Waals surface area contributed by atoms with Crippen molar-refractivity contribution in [3.63, 3.8) is 0 Å². The summed E-state index contributed by atoms with van der Waals surface area (Å²) in [7, 11) is 0. The van der Waals surface area contributed by atoms with E-state index in [1.807, 2.05) is 26.8 Å². The highest BCUT2D eigenvalue weighted by Crippen LogP contribution is 2.24. The van der Waals surface area contributed by atoms with Crippen LogP contribution in [-0.2, 0) is 10.2 Å². The first kappa shape index (κ1) is 16.2. The topological polar surface area (TPSA) is 73.1 Å². The second-order valence-corrected chi connectivity index (χ2v) is 5.56. The van der Waals surface area contributed by atoms with Crippen LogP contribution in [0.15, 0.2) is 24.3 Å². The van der Waals surface area contributed by atoms with Gasteiger partial charge in [-0.3, -0.25) is 4.79 Å². The fourth-order valence-electron chi connectivity index (χ4n) is 1.98. The minimum absolute atomic E-state index is 0.0214. The number of nitrogens with one attached hydrogen (secondary N) is 1. The van der Waals surface area contributed by atoms with Crippen LogP contribution in [0.5, 0.6) is 0 Å². The van der Waals surface area contributed by atoms with Gasteiger partial charge in [-0.05, 0) is 51.3 Å². The number of hydrogen-bond acceptors (Lipinski definition) is 3. The van der Waals surface area contributed by atoms with Crippen LogP contribution in [0.2, 0.25) is 0 Å². The Bertz CT molecular complexity index is 503. The predicted octanol–water partition coefficient (Wildman–Crippen LogP) is 2.11. The molecule has 0 radical (unpaired) electrons. The molecule has 4 nitrogen and oxygen atoms in total. The maximum atomic E-state index is 12.4. The van der Waals surface area contributed by atoms with Crippen molar-refractivity contribution >= 4 is 5.91 Å². The van der Waals surface area contributed by atoms with Gasteiger partial charge in [-0.2, -0.15) is 5.26 Å². The third kappa shape index (κ3) is 4.07. The SMILES string of the molecule is CC(CCCO)NC(=O)C(C)(C)c1cccc(C#N)c1. The normalized spacial score (nSPS) is 12.6. The van der Waals surface area contributed by atoms with E-state index in [0.29, 0.717) is 12.0 Å². The summed E-state index contributed by atoms with van der Waals surface area (Å²) < 4.78 is 0. The Hall–Kier alpha value is -1.86. The van der Waals surface area contributed by atoms with Gasteiger partial charge in [0.25, 0.3) is 0 Å². The van der Waals surface area contributed by atoms with E-state index in [1.54, 1.807) is 18.2 Å². The van der Waals surface area contributed by atoms with Gasteiger partial charge in [0.05, 0.1) is 17.0 Å². The van der Waals surface area contributed by atoms with E-state index in [-0.39, 0.29) is 18.6 Å². The fraction of sp³-hybridized carbons (Fsp3) is 0.500. The van der Waals surface area contributed by atoms with E-state index >= 15 is 0 Å². The highest BCUT2D eigenvalue weighted by molar-refractivity contribution is 5.87. The van der Waals surface area contributed by atoms with Crippen LogP contribution < -0.4 is 5.32 Å². The molecule has 4 heteroatoms. The first-order chi connectivity index (χ1) is 9.41. The quantitative estimate of drug-likeness (QED) is 0.834. The predicted molar refractivity (Wildman–Crippen MR) is 78.1 cm³/mol. The zero-order chi connectivity index (χ0) is 15.2. The molecule has 108 valence electrons. The lowest BCUT2D eigenvalue weighted by atomic mass is 9.82. The molecule has 0 aromatic heterocycles. The maximum absolute atomic E-state index is 12.4. The molecule has 0 aliphatic carbocycles. The molecule has 1 amide bonds. The molecular weight excluding hydrogens is 252 g/mol. The number of nitrogens with zero attached hydrogens (tertiary/aromatic N) is 1. The van der Waals surface area contributed by atoms with E-state index < -0.39 is 5.41 Å². The smallest absolute Gasteiger partial charge is 0.230 e. The van der Waals surface area contributed by atoms with Gasteiger partial charge in [0, 0.05) is 12.6 Å². The van der Waals surface area contributed by atoms with Crippen molar-refractivity contribution < 1.29 is 9.90 Å². The number of rotatable bonds is 6. The van der Waals surface area contributed by atoms with Crippen molar-refractivity contribution in [2.45, 2.75) is 45.1 Å². The largest absolute Gasteiger partial charge is 0.396 e. The summed E-state index contributed by atoms with van der Waals surface area (Å²) in [5, 5.41) is 20.7. The molecule has 0 fully saturated rings. The van der Waals surface area contributed by atoms with E-state index in [1.165, 1.54) is 0 Å². The van der Waals surface area contributed by atoms with E-state index in [4.69, 9.17) is 10.4 Å². The average molecular weight is 274 g/mol.